The summed E-state index contributed by atoms with van der Waals surface area (Å²) in [5, 5.41) is 18.3. The molecule has 1 atom stereocenters. The van der Waals surface area contributed by atoms with Crippen LogP contribution < -0.4 is 0 Å². The van der Waals surface area contributed by atoms with Crippen molar-refractivity contribution in [2.75, 3.05) is 0 Å². The van der Waals surface area contributed by atoms with Crippen molar-refractivity contribution in [3.63, 3.8) is 0 Å². The lowest BCUT2D eigenvalue weighted by Gasteiger charge is -2.12. The first-order chi connectivity index (χ1) is 20.6. The minimum atomic E-state index is -0.675. The van der Waals surface area contributed by atoms with E-state index in [9.17, 15) is 14.7 Å². The predicted molar refractivity (Wildman–Crippen MR) is 181 cm³/mol. The molecule has 0 fully saturated rings. The van der Waals surface area contributed by atoms with E-state index in [0.717, 1.165) is 38.5 Å². The summed E-state index contributed by atoms with van der Waals surface area (Å²) in [5.41, 5.74) is 0. The predicted octanol–water partition coefficient (Wildman–Crippen LogP) is 12.8. The van der Waals surface area contributed by atoms with Crippen molar-refractivity contribution < 1.29 is 19.8 Å². The van der Waals surface area contributed by atoms with Gasteiger partial charge in [-0.3, -0.25) is 9.59 Å². The highest BCUT2D eigenvalue weighted by Crippen LogP contribution is 2.20. The van der Waals surface area contributed by atoms with Crippen LogP contribution in [0.1, 0.15) is 212 Å². The molecule has 4 nitrogen and oxygen atoms in total. The highest BCUT2D eigenvalue weighted by molar-refractivity contribution is 5.69. The molecule has 0 aromatic rings. The molecule has 1 unspecified atom stereocenters. The topological polar surface area (TPSA) is 74.6 Å². The summed E-state index contributed by atoms with van der Waals surface area (Å²) in [6, 6.07) is 0. The molecule has 4 heteroatoms. The molecule has 0 bridgehead atoms. The van der Waals surface area contributed by atoms with Gasteiger partial charge in [0.2, 0.25) is 0 Å². The molecule has 0 aliphatic heterocycles. The van der Waals surface area contributed by atoms with Crippen LogP contribution in [-0.2, 0) is 9.59 Å². The molecule has 42 heavy (non-hydrogen) atoms. The summed E-state index contributed by atoms with van der Waals surface area (Å²) in [4.78, 5) is 22.2. The third kappa shape index (κ3) is 33.2. The van der Waals surface area contributed by atoms with Gasteiger partial charge in [-0.15, -0.1) is 0 Å². The number of carboxylic acid groups (broad SMARTS) is 2. The molecular formula is C38H72O4. The first-order valence-corrected chi connectivity index (χ1v) is 18.7. The number of unbranched alkanes of at least 4 members (excludes halogenated alkanes) is 26. The Morgan fingerprint density at radius 2 is 0.762 bits per heavy atom. The molecule has 0 saturated carbocycles. The Balaban J connectivity index is 3.42. The largest absolute Gasteiger partial charge is 0.481 e. The molecule has 0 aliphatic carbocycles. The Morgan fingerprint density at radius 3 is 1.10 bits per heavy atom. The average Bonchev–Trinajstić information content (AvgIpc) is 2.97. The molecule has 0 radical (unpaired) electrons. The quantitative estimate of drug-likeness (QED) is 0.0567. The summed E-state index contributed by atoms with van der Waals surface area (Å²) < 4.78 is 0. The van der Waals surface area contributed by atoms with Crippen LogP contribution in [0.4, 0.5) is 0 Å². The molecule has 0 amide bonds. The van der Waals surface area contributed by atoms with E-state index in [1.165, 1.54) is 161 Å². The number of carboxylic acids is 2. The maximum absolute atomic E-state index is 11.7. The van der Waals surface area contributed by atoms with Gasteiger partial charge in [0.1, 0.15) is 0 Å². The number of rotatable bonds is 35. The average molecular weight is 593 g/mol. The van der Waals surface area contributed by atoms with E-state index in [1.54, 1.807) is 0 Å². The van der Waals surface area contributed by atoms with E-state index in [2.05, 4.69) is 19.1 Å². The first-order valence-electron chi connectivity index (χ1n) is 18.7. The lowest BCUT2D eigenvalue weighted by atomic mass is 9.94. The highest BCUT2D eigenvalue weighted by atomic mass is 16.4. The van der Waals surface area contributed by atoms with Gasteiger partial charge in [0, 0.05) is 6.42 Å². The van der Waals surface area contributed by atoms with Crippen LogP contribution in [0.2, 0.25) is 0 Å². The van der Waals surface area contributed by atoms with Gasteiger partial charge < -0.3 is 10.2 Å². The highest BCUT2D eigenvalue weighted by Gasteiger charge is 2.16. The van der Waals surface area contributed by atoms with Crippen LogP contribution in [-0.4, -0.2) is 22.2 Å². The Hall–Kier alpha value is -1.32. The molecule has 0 aromatic heterocycles. The third-order valence-electron chi connectivity index (χ3n) is 8.86. The van der Waals surface area contributed by atoms with Crippen molar-refractivity contribution in [3.8, 4) is 0 Å². The van der Waals surface area contributed by atoms with E-state index in [0.29, 0.717) is 6.42 Å². The fourth-order valence-corrected chi connectivity index (χ4v) is 5.99. The minimum absolute atomic E-state index is 0.136. The van der Waals surface area contributed by atoms with Crippen molar-refractivity contribution in [2.45, 2.75) is 212 Å². The molecule has 0 aromatic carbocycles. The summed E-state index contributed by atoms with van der Waals surface area (Å²) in [6.07, 6.45) is 43.4. The fraction of sp³-hybridized carbons (Fsp3) is 0.895. The third-order valence-corrected chi connectivity index (χ3v) is 8.86. The van der Waals surface area contributed by atoms with Crippen LogP contribution in [0.5, 0.6) is 0 Å². The van der Waals surface area contributed by atoms with E-state index in [4.69, 9.17) is 5.11 Å². The van der Waals surface area contributed by atoms with Gasteiger partial charge in [-0.05, 0) is 44.9 Å². The van der Waals surface area contributed by atoms with Gasteiger partial charge in [0.15, 0.2) is 0 Å². The number of carbonyl (C=O) groups is 2. The Morgan fingerprint density at radius 1 is 0.452 bits per heavy atom. The number of hydrogen-bond donors (Lipinski definition) is 2. The van der Waals surface area contributed by atoms with E-state index >= 15 is 0 Å². The molecule has 0 saturated heterocycles. The number of allylic oxidation sites excluding steroid dienone is 2. The van der Waals surface area contributed by atoms with Crippen LogP contribution in [0, 0.1) is 5.92 Å². The van der Waals surface area contributed by atoms with Crippen molar-refractivity contribution >= 4 is 11.9 Å². The maximum Gasteiger partial charge on any atom is 0.306 e. The van der Waals surface area contributed by atoms with Crippen LogP contribution >= 0.6 is 0 Å². The molecular weight excluding hydrogens is 520 g/mol. The maximum atomic E-state index is 11.7. The van der Waals surface area contributed by atoms with Crippen molar-refractivity contribution in [1.82, 2.24) is 0 Å². The summed E-state index contributed by atoms with van der Waals surface area (Å²) in [5.74, 6) is -1.40. The van der Waals surface area contributed by atoms with Crippen LogP contribution in [0.3, 0.4) is 0 Å². The normalized spacial score (nSPS) is 12.3. The summed E-state index contributed by atoms with van der Waals surface area (Å²) in [7, 11) is 0. The minimum Gasteiger partial charge on any atom is -0.481 e. The lowest BCUT2D eigenvalue weighted by molar-refractivity contribution is -0.142. The van der Waals surface area contributed by atoms with E-state index < -0.39 is 11.9 Å². The standard InChI is InChI=1S/C38H72O4/c1-2-3-4-5-6-7-8-9-10-11-12-13-15-18-21-24-27-30-33-36(38(41)42)34-31-28-25-22-19-16-14-17-20-23-26-29-32-35-37(39)40/h9-10,36H,2-8,11-35H2,1H3,(H,39,40)(H,41,42). The molecule has 2 N–H and O–H groups in total. The molecule has 0 spiro atoms. The molecule has 0 rings (SSSR count). The molecule has 0 heterocycles. The Kier molecular flexibility index (Phi) is 33.1. The van der Waals surface area contributed by atoms with E-state index in [-0.39, 0.29) is 5.92 Å². The van der Waals surface area contributed by atoms with Gasteiger partial charge in [-0.25, -0.2) is 0 Å². The van der Waals surface area contributed by atoms with Crippen LogP contribution in [0.15, 0.2) is 12.2 Å². The second-order valence-corrected chi connectivity index (χ2v) is 13.0. The van der Waals surface area contributed by atoms with Gasteiger partial charge in [-0.1, -0.05) is 173 Å². The summed E-state index contributed by atoms with van der Waals surface area (Å²) in [6.45, 7) is 2.28. The Labute approximate surface area is 261 Å². The van der Waals surface area contributed by atoms with Gasteiger partial charge in [0.05, 0.1) is 5.92 Å². The zero-order valence-corrected chi connectivity index (χ0v) is 28.1. The Bertz CT molecular complexity index is 600. The lowest BCUT2D eigenvalue weighted by Crippen LogP contribution is -2.13. The van der Waals surface area contributed by atoms with Gasteiger partial charge in [0.25, 0.3) is 0 Å². The fourth-order valence-electron chi connectivity index (χ4n) is 5.99. The summed E-state index contributed by atoms with van der Waals surface area (Å²) >= 11 is 0. The molecule has 248 valence electrons. The second kappa shape index (κ2) is 34.2. The number of hydrogen-bond acceptors (Lipinski definition) is 2. The second-order valence-electron chi connectivity index (χ2n) is 13.0. The van der Waals surface area contributed by atoms with Crippen molar-refractivity contribution in [3.05, 3.63) is 12.2 Å². The zero-order chi connectivity index (χ0) is 30.8. The van der Waals surface area contributed by atoms with Crippen LogP contribution in [0.25, 0.3) is 0 Å². The van der Waals surface area contributed by atoms with Crippen molar-refractivity contribution in [1.29, 1.82) is 0 Å². The smallest absolute Gasteiger partial charge is 0.306 e. The van der Waals surface area contributed by atoms with E-state index in [1.807, 2.05) is 0 Å². The first kappa shape index (κ1) is 40.7. The zero-order valence-electron chi connectivity index (χ0n) is 28.1. The molecule has 0 aliphatic rings. The SMILES string of the molecule is CCCCCCCCC=CCCCCCCCCCCC(CCCCCCCCCCCCCCCC(=O)O)C(=O)O. The number of aliphatic carboxylic acids is 2. The van der Waals surface area contributed by atoms with Gasteiger partial charge in [-0.2, -0.15) is 0 Å². The van der Waals surface area contributed by atoms with Crippen molar-refractivity contribution in [2.24, 2.45) is 5.92 Å². The van der Waals surface area contributed by atoms with Gasteiger partial charge >= 0.3 is 11.9 Å². The monoisotopic (exact) mass is 593 g/mol.